The fourth-order valence-corrected chi connectivity index (χ4v) is 5.36. The molecule has 0 radical (unpaired) electrons. The lowest BCUT2D eigenvalue weighted by molar-refractivity contribution is 0.932. The lowest BCUT2D eigenvalue weighted by Crippen LogP contribution is -2.47. The Morgan fingerprint density at radius 1 is 0.440 bits per heavy atom. The highest BCUT2D eigenvalue weighted by Gasteiger charge is 2.37. The van der Waals surface area contributed by atoms with E-state index in [4.69, 9.17) is 0 Å². The summed E-state index contributed by atoms with van der Waals surface area (Å²) in [6.07, 6.45) is 37.0. The highest BCUT2D eigenvalue weighted by Crippen LogP contribution is 2.47. The van der Waals surface area contributed by atoms with Crippen molar-refractivity contribution in [2.75, 3.05) is 0 Å². The monoisotopic (exact) mass is 327 g/mol. The van der Waals surface area contributed by atoms with E-state index < -0.39 is 6.15 Å². The van der Waals surface area contributed by atoms with Gasteiger partial charge in [-0.05, 0) is 25.7 Å². The fraction of sp³-hybridized carbons (Fsp3) is 0.333. The quantitative estimate of drug-likeness (QED) is 0.504. The zero-order valence-electron chi connectivity index (χ0n) is 15.2. The highest BCUT2D eigenvalue weighted by atomic mass is 14.2. The van der Waals surface area contributed by atoms with Crippen molar-refractivity contribution in [2.45, 2.75) is 51.4 Å². The van der Waals surface area contributed by atoms with E-state index in [0.717, 1.165) is 0 Å². The van der Waals surface area contributed by atoms with Crippen molar-refractivity contribution >= 4 is 6.15 Å². The summed E-state index contributed by atoms with van der Waals surface area (Å²) in [5, 5.41) is 0. The van der Waals surface area contributed by atoms with Gasteiger partial charge in [0.2, 0.25) is 0 Å². The SMILES string of the molecule is C1=CCCC([B-](C2=CC=CCC2)(C2=CC=CCC2)C2=CC=CCC2)=C1. The Labute approximate surface area is 152 Å². The molecule has 128 valence electrons. The summed E-state index contributed by atoms with van der Waals surface area (Å²) >= 11 is 0. The van der Waals surface area contributed by atoms with Crippen LogP contribution in [0.25, 0.3) is 0 Å². The van der Waals surface area contributed by atoms with Crippen molar-refractivity contribution in [2.24, 2.45) is 0 Å². The second-order valence-corrected chi connectivity index (χ2v) is 7.70. The van der Waals surface area contributed by atoms with Crippen LogP contribution in [-0.2, 0) is 0 Å². The van der Waals surface area contributed by atoms with E-state index in [1.807, 2.05) is 0 Å². The van der Waals surface area contributed by atoms with Crippen molar-refractivity contribution in [1.29, 1.82) is 0 Å². The van der Waals surface area contributed by atoms with Crippen molar-refractivity contribution in [1.82, 2.24) is 0 Å². The molecule has 0 saturated carbocycles. The molecule has 0 aromatic heterocycles. The van der Waals surface area contributed by atoms with E-state index >= 15 is 0 Å². The molecule has 4 aliphatic rings. The van der Waals surface area contributed by atoms with E-state index in [2.05, 4.69) is 72.9 Å². The van der Waals surface area contributed by atoms with Crippen LogP contribution in [0.4, 0.5) is 0 Å². The molecule has 0 unspecified atom stereocenters. The summed E-state index contributed by atoms with van der Waals surface area (Å²) in [7, 11) is 0. The molecule has 0 atom stereocenters. The number of rotatable bonds is 4. The third-order valence-corrected chi connectivity index (χ3v) is 6.41. The van der Waals surface area contributed by atoms with Crippen LogP contribution in [0.3, 0.4) is 0 Å². The summed E-state index contributed by atoms with van der Waals surface area (Å²) < 4.78 is 0. The average Bonchev–Trinajstić information content (AvgIpc) is 2.72. The van der Waals surface area contributed by atoms with E-state index in [9.17, 15) is 0 Å². The Balaban J connectivity index is 1.96. The molecule has 4 rings (SSSR count). The van der Waals surface area contributed by atoms with Gasteiger partial charge in [-0.3, -0.25) is 0 Å². The zero-order chi connectivity index (χ0) is 17.0. The van der Waals surface area contributed by atoms with Crippen LogP contribution in [0.15, 0.2) is 94.8 Å². The molecular weight excluding hydrogens is 299 g/mol. The maximum atomic E-state index is 2.45. The minimum Gasteiger partial charge on any atom is -0.218 e. The van der Waals surface area contributed by atoms with Gasteiger partial charge in [0.1, 0.15) is 0 Å². The van der Waals surface area contributed by atoms with E-state index in [1.54, 1.807) is 21.9 Å². The average molecular weight is 327 g/mol. The van der Waals surface area contributed by atoms with Gasteiger partial charge in [0.15, 0.2) is 0 Å². The second-order valence-electron chi connectivity index (χ2n) is 7.70. The standard InChI is InChI=1S/C24H28B/c1-5-13-21(14-6-1)25(22-15-7-2-8-16-22,23-17-9-3-10-18-23)24-19-11-4-12-20-24/h1-5,7,9,11,13,15,17,19H,6,8,10,12,14,16,18,20H2/q-1. The van der Waals surface area contributed by atoms with E-state index in [1.165, 1.54) is 51.4 Å². The smallest absolute Gasteiger partial charge is 0.0910 e. The molecule has 0 N–H and O–H groups in total. The zero-order valence-corrected chi connectivity index (χ0v) is 15.2. The molecule has 0 aromatic rings. The lowest BCUT2D eigenvalue weighted by Gasteiger charge is -2.53. The predicted molar refractivity (Wildman–Crippen MR) is 112 cm³/mol. The number of allylic oxidation sites excluding steroid dienone is 16. The van der Waals surface area contributed by atoms with Crippen LogP contribution in [0.2, 0.25) is 0 Å². The molecule has 0 aromatic carbocycles. The minimum absolute atomic E-state index is 0.868. The van der Waals surface area contributed by atoms with Gasteiger partial charge in [0, 0.05) is 0 Å². The summed E-state index contributed by atoms with van der Waals surface area (Å²) in [5.74, 6) is 0. The molecule has 25 heavy (non-hydrogen) atoms. The normalized spacial score (nSPS) is 23.0. The van der Waals surface area contributed by atoms with Crippen LogP contribution in [0.1, 0.15) is 51.4 Å². The molecule has 0 nitrogen and oxygen atoms in total. The molecule has 0 fully saturated rings. The molecule has 1 heteroatoms. The van der Waals surface area contributed by atoms with Gasteiger partial charge in [0.25, 0.3) is 0 Å². The molecular formula is C24H28B-. The minimum atomic E-state index is -0.868. The van der Waals surface area contributed by atoms with Crippen LogP contribution in [0, 0.1) is 0 Å². The van der Waals surface area contributed by atoms with Crippen LogP contribution >= 0.6 is 0 Å². The molecule has 0 aliphatic heterocycles. The van der Waals surface area contributed by atoms with Crippen LogP contribution in [0.5, 0.6) is 0 Å². The first-order valence-corrected chi connectivity index (χ1v) is 10.0. The van der Waals surface area contributed by atoms with Crippen molar-refractivity contribution in [3.8, 4) is 0 Å². The number of hydrogen-bond donors (Lipinski definition) is 0. The molecule has 4 aliphatic carbocycles. The largest absolute Gasteiger partial charge is 0.218 e. The second kappa shape index (κ2) is 7.48. The summed E-state index contributed by atoms with van der Waals surface area (Å²) in [6, 6.07) is 0. The van der Waals surface area contributed by atoms with Gasteiger partial charge in [-0.2, -0.15) is 0 Å². The van der Waals surface area contributed by atoms with Gasteiger partial charge in [-0.25, -0.2) is 21.9 Å². The number of hydrogen-bond acceptors (Lipinski definition) is 0. The van der Waals surface area contributed by atoms with Crippen LogP contribution in [-0.4, -0.2) is 6.15 Å². The summed E-state index contributed by atoms with van der Waals surface area (Å²) in [5.41, 5.74) is 6.69. The summed E-state index contributed by atoms with van der Waals surface area (Å²) in [6.45, 7) is 0. The third-order valence-electron chi connectivity index (χ3n) is 6.41. The Hall–Kier alpha value is -2.02. The van der Waals surface area contributed by atoms with Crippen molar-refractivity contribution < 1.29 is 0 Å². The lowest BCUT2D eigenvalue weighted by atomic mass is 9.09. The molecule has 0 amide bonds. The van der Waals surface area contributed by atoms with Gasteiger partial charge in [-0.1, -0.05) is 74.3 Å². The molecule has 0 bridgehead atoms. The summed E-state index contributed by atoms with van der Waals surface area (Å²) in [4.78, 5) is 0. The Bertz CT molecular complexity index is 628. The Kier molecular flexibility index (Phi) is 4.92. The van der Waals surface area contributed by atoms with Gasteiger partial charge in [-0.15, -0.1) is 24.3 Å². The molecule has 0 spiro atoms. The van der Waals surface area contributed by atoms with Crippen molar-refractivity contribution in [3.05, 3.63) is 94.8 Å². The first-order chi connectivity index (χ1) is 12.4. The van der Waals surface area contributed by atoms with Crippen molar-refractivity contribution in [3.63, 3.8) is 0 Å². The predicted octanol–water partition coefficient (Wildman–Crippen LogP) is 6.70. The highest BCUT2D eigenvalue weighted by molar-refractivity contribution is 7.04. The van der Waals surface area contributed by atoms with E-state index in [0.29, 0.717) is 0 Å². The first kappa shape index (κ1) is 16.5. The first-order valence-electron chi connectivity index (χ1n) is 10.0. The Morgan fingerprint density at radius 2 is 0.720 bits per heavy atom. The molecule has 0 heterocycles. The van der Waals surface area contributed by atoms with Gasteiger partial charge in [0.05, 0.1) is 6.15 Å². The van der Waals surface area contributed by atoms with Gasteiger partial charge >= 0.3 is 0 Å². The maximum Gasteiger partial charge on any atom is 0.0910 e. The fourth-order valence-electron chi connectivity index (χ4n) is 5.36. The Morgan fingerprint density at radius 3 is 0.920 bits per heavy atom. The van der Waals surface area contributed by atoms with Gasteiger partial charge < -0.3 is 0 Å². The van der Waals surface area contributed by atoms with E-state index in [-0.39, 0.29) is 0 Å². The molecule has 0 saturated heterocycles. The topological polar surface area (TPSA) is 0 Å². The third kappa shape index (κ3) is 3.01. The van der Waals surface area contributed by atoms with Crippen LogP contribution < -0.4 is 0 Å². The maximum absolute atomic E-state index is 2.45.